The van der Waals surface area contributed by atoms with Crippen molar-refractivity contribution in [3.63, 3.8) is 0 Å². The third-order valence-electron chi connectivity index (χ3n) is 3.25. The smallest absolute Gasteiger partial charge is 0.191 e. The third-order valence-corrected chi connectivity index (χ3v) is 3.25. The van der Waals surface area contributed by atoms with Gasteiger partial charge >= 0.3 is 0 Å². The van der Waals surface area contributed by atoms with Gasteiger partial charge in [0.2, 0.25) is 0 Å². The highest BCUT2D eigenvalue weighted by atomic mass is 127. The van der Waals surface area contributed by atoms with E-state index < -0.39 is 0 Å². The van der Waals surface area contributed by atoms with Gasteiger partial charge in [-0.15, -0.1) is 24.0 Å². The first-order valence-electron chi connectivity index (χ1n) is 8.09. The molecule has 0 amide bonds. The molecule has 4 nitrogen and oxygen atoms in total. The first-order valence-corrected chi connectivity index (χ1v) is 8.09. The lowest BCUT2D eigenvalue weighted by molar-refractivity contribution is 0.306. The summed E-state index contributed by atoms with van der Waals surface area (Å²) in [4.78, 5) is 4.57. The molecule has 24 heavy (non-hydrogen) atoms. The second-order valence-corrected chi connectivity index (χ2v) is 5.15. The Morgan fingerprint density at radius 2 is 1.58 bits per heavy atom. The van der Waals surface area contributed by atoms with Gasteiger partial charge in [-0.05, 0) is 37.1 Å². The van der Waals surface area contributed by atoms with Crippen molar-refractivity contribution in [1.82, 2.24) is 10.6 Å². The van der Waals surface area contributed by atoms with E-state index in [-0.39, 0.29) is 24.0 Å². The molecule has 0 spiro atoms. The first kappa shape index (κ1) is 20.3. The van der Waals surface area contributed by atoms with E-state index >= 15 is 0 Å². The maximum Gasteiger partial charge on any atom is 0.191 e. The van der Waals surface area contributed by atoms with Crippen molar-refractivity contribution >= 4 is 29.9 Å². The Hall–Kier alpha value is -1.76. The Kier molecular flexibility index (Phi) is 9.91. The average Bonchev–Trinajstić information content (AvgIpc) is 2.60. The third kappa shape index (κ3) is 7.21. The number of hydrogen-bond acceptors (Lipinski definition) is 2. The number of rotatable bonds is 7. The Bertz CT molecular complexity index is 609. The molecular weight excluding hydrogens is 413 g/mol. The van der Waals surface area contributed by atoms with Crippen LogP contribution < -0.4 is 15.4 Å². The van der Waals surface area contributed by atoms with Gasteiger partial charge in [-0.1, -0.05) is 42.5 Å². The lowest BCUT2D eigenvalue weighted by atomic mass is 10.2. The summed E-state index contributed by atoms with van der Waals surface area (Å²) in [5.41, 5.74) is 2.29. The molecule has 0 aliphatic heterocycles. The van der Waals surface area contributed by atoms with E-state index in [0.29, 0.717) is 13.2 Å². The number of nitrogens with one attached hydrogen (secondary N) is 2. The fourth-order valence-corrected chi connectivity index (χ4v) is 2.15. The number of benzene rings is 2. The van der Waals surface area contributed by atoms with Crippen LogP contribution in [0.3, 0.4) is 0 Å². The summed E-state index contributed by atoms with van der Waals surface area (Å²) in [6.45, 7) is 7.03. The van der Waals surface area contributed by atoms with Crippen LogP contribution >= 0.6 is 24.0 Å². The molecule has 0 saturated carbocycles. The van der Waals surface area contributed by atoms with Gasteiger partial charge in [-0.3, -0.25) is 0 Å². The number of nitrogens with zero attached hydrogens (tertiary/aromatic N) is 1. The minimum absolute atomic E-state index is 0. The average molecular weight is 439 g/mol. The fourth-order valence-electron chi connectivity index (χ4n) is 2.15. The molecule has 0 aromatic heterocycles. The Labute approximate surface area is 161 Å². The van der Waals surface area contributed by atoms with E-state index in [1.54, 1.807) is 0 Å². The fraction of sp³-hybridized carbons (Fsp3) is 0.316. The van der Waals surface area contributed by atoms with Gasteiger partial charge < -0.3 is 15.4 Å². The molecule has 0 atom stereocenters. The Morgan fingerprint density at radius 3 is 2.25 bits per heavy atom. The van der Waals surface area contributed by atoms with Crippen LogP contribution in [0.5, 0.6) is 5.75 Å². The molecular formula is C19H26IN3O. The standard InChI is InChI=1S/C19H25N3O.HI/c1-3-20-19(21-4-2)22-14-17-11-8-12-18(13-17)23-15-16-9-6-5-7-10-16;/h5-13H,3-4,14-15H2,1-2H3,(H2,20,21,22);1H. The van der Waals surface area contributed by atoms with Crippen LogP contribution in [-0.2, 0) is 13.2 Å². The van der Waals surface area contributed by atoms with Crippen molar-refractivity contribution < 1.29 is 4.74 Å². The van der Waals surface area contributed by atoms with Crippen LogP contribution in [0.4, 0.5) is 0 Å². The van der Waals surface area contributed by atoms with Crippen LogP contribution in [0, 0.1) is 0 Å². The van der Waals surface area contributed by atoms with Gasteiger partial charge in [-0.25, -0.2) is 4.99 Å². The van der Waals surface area contributed by atoms with E-state index in [1.165, 1.54) is 0 Å². The molecule has 2 aromatic carbocycles. The number of guanidine groups is 1. The molecule has 2 N–H and O–H groups in total. The number of halogens is 1. The molecule has 0 aliphatic carbocycles. The van der Waals surface area contributed by atoms with Crippen LogP contribution in [0.15, 0.2) is 59.6 Å². The highest BCUT2D eigenvalue weighted by Gasteiger charge is 1.99. The molecule has 0 saturated heterocycles. The molecule has 130 valence electrons. The predicted octanol–water partition coefficient (Wildman–Crippen LogP) is 3.96. The lowest BCUT2D eigenvalue weighted by Crippen LogP contribution is -2.36. The van der Waals surface area contributed by atoms with Crippen LogP contribution in [0.1, 0.15) is 25.0 Å². The quantitative estimate of drug-likeness (QED) is 0.390. The summed E-state index contributed by atoms with van der Waals surface area (Å²) in [7, 11) is 0. The monoisotopic (exact) mass is 439 g/mol. The van der Waals surface area contributed by atoms with Gasteiger partial charge in [0.15, 0.2) is 5.96 Å². The molecule has 2 aromatic rings. The largest absolute Gasteiger partial charge is 0.489 e. The molecule has 0 radical (unpaired) electrons. The number of aliphatic imine (C=N–C) groups is 1. The van der Waals surface area contributed by atoms with Gasteiger partial charge in [0, 0.05) is 13.1 Å². The van der Waals surface area contributed by atoms with Crippen molar-refractivity contribution in [2.75, 3.05) is 13.1 Å². The summed E-state index contributed by atoms with van der Waals surface area (Å²) in [6, 6.07) is 18.3. The summed E-state index contributed by atoms with van der Waals surface area (Å²) in [5, 5.41) is 6.45. The number of hydrogen-bond donors (Lipinski definition) is 2. The Balaban J connectivity index is 0.00000288. The van der Waals surface area contributed by atoms with Crippen molar-refractivity contribution in [3.8, 4) is 5.75 Å². The van der Waals surface area contributed by atoms with E-state index in [2.05, 4.69) is 47.7 Å². The molecule has 2 rings (SSSR count). The summed E-state index contributed by atoms with van der Waals surface area (Å²) in [5.74, 6) is 1.71. The Morgan fingerprint density at radius 1 is 0.917 bits per heavy atom. The lowest BCUT2D eigenvalue weighted by Gasteiger charge is -2.10. The second kappa shape index (κ2) is 11.7. The van der Waals surface area contributed by atoms with Crippen molar-refractivity contribution in [3.05, 3.63) is 65.7 Å². The van der Waals surface area contributed by atoms with Gasteiger partial charge in [0.25, 0.3) is 0 Å². The summed E-state index contributed by atoms with van der Waals surface area (Å²) >= 11 is 0. The molecule has 0 fully saturated rings. The normalized spacial score (nSPS) is 9.58. The van der Waals surface area contributed by atoms with Crippen LogP contribution in [-0.4, -0.2) is 19.0 Å². The molecule has 0 heterocycles. The zero-order valence-electron chi connectivity index (χ0n) is 14.3. The second-order valence-electron chi connectivity index (χ2n) is 5.15. The molecule has 0 aliphatic rings. The first-order chi connectivity index (χ1) is 11.3. The highest BCUT2D eigenvalue weighted by molar-refractivity contribution is 14.0. The maximum atomic E-state index is 5.85. The van der Waals surface area contributed by atoms with Crippen LogP contribution in [0.2, 0.25) is 0 Å². The van der Waals surface area contributed by atoms with Crippen molar-refractivity contribution in [2.24, 2.45) is 4.99 Å². The summed E-state index contributed by atoms with van der Waals surface area (Å²) < 4.78 is 5.85. The molecule has 5 heteroatoms. The zero-order valence-corrected chi connectivity index (χ0v) is 16.6. The number of ether oxygens (including phenoxy) is 1. The SMILES string of the molecule is CCNC(=NCc1cccc(OCc2ccccc2)c1)NCC.I. The maximum absolute atomic E-state index is 5.85. The van der Waals surface area contributed by atoms with Gasteiger partial charge in [-0.2, -0.15) is 0 Å². The van der Waals surface area contributed by atoms with E-state index in [1.807, 2.05) is 36.4 Å². The minimum Gasteiger partial charge on any atom is -0.489 e. The van der Waals surface area contributed by atoms with Gasteiger partial charge in [0.05, 0.1) is 6.54 Å². The van der Waals surface area contributed by atoms with E-state index in [9.17, 15) is 0 Å². The van der Waals surface area contributed by atoms with E-state index in [4.69, 9.17) is 4.74 Å². The highest BCUT2D eigenvalue weighted by Crippen LogP contribution is 2.15. The topological polar surface area (TPSA) is 45.7 Å². The van der Waals surface area contributed by atoms with E-state index in [0.717, 1.165) is 35.9 Å². The van der Waals surface area contributed by atoms with Crippen molar-refractivity contribution in [1.29, 1.82) is 0 Å². The van der Waals surface area contributed by atoms with Crippen LogP contribution in [0.25, 0.3) is 0 Å². The minimum atomic E-state index is 0. The zero-order chi connectivity index (χ0) is 16.3. The van der Waals surface area contributed by atoms with Gasteiger partial charge in [0.1, 0.15) is 12.4 Å². The summed E-state index contributed by atoms with van der Waals surface area (Å²) in [6.07, 6.45) is 0. The molecule has 0 unspecified atom stereocenters. The predicted molar refractivity (Wildman–Crippen MR) is 111 cm³/mol. The van der Waals surface area contributed by atoms with Crippen molar-refractivity contribution in [2.45, 2.75) is 27.0 Å². The molecule has 0 bridgehead atoms.